The van der Waals surface area contributed by atoms with E-state index in [-0.39, 0.29) is 11.9 Å². The number of ether oxygens (including phenoxy) is 2. The van der Waals surface area contributed by atoms with E-state index in [0.717, 1.165) is 0 Å². The molecule has 0 aliphatic heterocycles. The average molecular weight is 332 g/mol. The van der Waals surface area contributed by atoms with E-state index >= 15 is 0 Å². The van der Waals surface area contributed by atoms with Crippen LogP contribution in [-0.2, 0) is 9.53 Å². The smallest absolute Gasteiger partial charge is 0.338 e. The molecule has 128 valence electrons. The summed E-state index contributed by atoms with van der Waals surface area (Å²) in [5.41, 5.74) is 0.336. The van der Waals surface area contributed by atoms with Crippen LogP contribution in [-0.4, -0.2) is 29.2 Å². The summed E-state index contributed by atoms with van der Waals surface area (Å²) >= 11 is 0. The van der Waals surface area contributed by atoms with Gasteiger partial charge in [-0.05, 0) is 52.0 Å². The van der Waals surface area contributed by atoms with Gasteiger partial charge in [-0.25, -0.2) is 4.79 Å². The maximum atomic E-state index is 12.1. The lowest BCUT2D eigenvalue weighted by atomic mass is 10.2. The van der Waals surface area contributed by atoms with E-state index in [9.17, 15) is 9.59 Å². The van der Waals surface area contributed by atoms with Crippen LogP contribution in [0.1, 0.15) is 36.9 Å². The Hall–Kier alpha value is -2.83. The molecule has 0 saturated carbocycles. The lowest BCUT2D eigenvalue weighted by Gasteiger charge is -2.13. The van der Waals surface area contributed by atoms with Crippen molar-refractivity contribution in [1.82, 2.24) is 5.16 Å². The Morgan fingerprint density at radius 2 is 1.83 bits per heavy atom. The number of anilines is 1. The molecule has 0 aliphatic rings. The molecule has 0 aliphatic carbocycles. The molecule has 7 heteroatoms. The van der Waals surface area contributed by atoms with Crippen molar-refractivity contribution < 1.29 is 23.6 Å². The molecule has 1 N–H and O–H groups in total. The van der Waals surface area contributed by atoms with Crippen molar-refractivity contribution in [3.05, 3.63) is 41.7 Å². The zero-order valence-electron chi connectivity index (χ0n) is 14.0. The van der Waals surface area contributed by atoms with Gasteiger partial charge in [0.1, 0.15) is 11.5 Å². The molecule has 1 aromatic carbocycles. The summed E-state index contributed by atoms with van der Waals surface area (Å²) in [7, 11) is 0. The van der Waals surface area contributed by atoms with Gasteiger partial charge in [0.15, 0.2) is 11.9 Å². The first-order valence-corrected chi connectivity index (χ1v) is 7.57. The van der Waals surface area contributed by atoms with Crippen molar-refractivity contribution in [2.75, 3.05) is 5.32 Å². The molecule has 1 heterocycles. The maximum absolute atomic E-state index is 12.1. The monoisotopic (exact) mass is 332 g/mol. The number of amides is 1. The highest BCUT2D eigenvalue weighted by Gasteiger charge is 2.20. The third kappa shape index (κ3) is 4.84. The van der Waals surface area contributed by atoms with E-state index in [1.54, 1.807) is 37.3 Å². The molecule has 2 aromatic rings. The van der Waals surface area contributed by atoms with E-state index < -0.39 is 18.0 Å². The van der Waals surface area contributed by atoms with Crippen LogP contribution >= 0.6 is 0 Å². The minimum absolute atomic E-state index is 0.0479. The molecule has 1 amide bonds. The van der Waals surface area contributed by atoms with Gasteiger partial charge in [-0.2, -0.15) is 0 Å². The number of carbonyl (C=O) groups is 2. The Balaban J connectivity index is 1.91. The number of esters is 1. The molecule has 1 atom stereocenters. The number of hydrogen-bond donors (Lipinski definition) is 1. The summed E-state index contributed by atoms with van der Waals surface area (Å²) in [5.74, 6) is 0.421. The fraction of sp³-hybridized carbons (Fsp3) is 0.353. The lowest BCUT2D eigenvalue weighted by molar-refractivity contribution is -0.123. The van der Waals surface area contributed by atoms with Gasteiger partial charge in [0.2, 0.25) is 0 Å². The average Bonchev–Trinajstić information content (AvgIpc) is 2.92. The quantitative estimate of drug-likeness (QED) is 0.818. The molecule has 1 unspecified atom stereocenters. The Morgan fingerprint density at radius 3 is 2.38 bits per heavy atom. The second kappa shape index (κ2) is 7.63. The van der Waals surface area contributed by atoms with E-state index in [0.29, 0.717) is 17.1 Å². The van der Waals surface area contributed by atoms with Gasteiger partial charge in [0.25, 0.3) is 5.91 Å². The predicted molar refractivity (Wildman–Crippen MR) is 87.0 cm³/mol. The molecule has 2 rings (SSSR count). The summed E-state index contributed by atoms with van der Waals surface area (Å²) in [6.45, 7) is 7.02. The van der Waals surface area contributed by atoms with Crippen LogP contribution in [0.5, 0.6) is 5.75 Å². The standard InChI is InChI=1S/C17H20N2O5/c1-10(2)22-14-7-5-13(6-8-14)17(21)23-12(4)16(20)18-15-9-11(3)24-19-15/h5-10,12H,1-4H3,(H,18,19,20). The maximum Gasteiger partial charge on any atom is 0.338 e. The molecular weight excluding hydrogens is 312 g/mol. The molecule has 0 saturated heterocycles. The van der Waals surface area contributed by atoms with Crippen LogP contribution in [0.2, 0.25) is 0 Å². The van der Waals surface area contributed by atoms with Gasteiger partial charge in [-0.1, -0.05) is 5.16 Å². The number of nitrogens with one attached hydrogen (secondary N) is 1. The zero-order chi connectivity index (χ0) is 17.7. The highest BCUT2D eigenvalue weighted by molar-refractivity contribution is 5.96. The SMILES string of the molecule is Cc1cc(NC(=O)C(C)OC(=O)c2ccc(OC(C)C)cc2)no1. The van der Waals surface area contributed by atoms with Gasteiger partial charge in [-0.15, -0.1) is 0 Å². The van der Waals surface area contributed by atoms with Gasteiger partial charge in [0, 0.05) is 6.07 Å². The van der Waals surface area contributed by atoms with Crippen LogP contribution in [0.4, 0.5) is 5.82 Å². The van der Waals surface area contributed by atoms with Gasteiger partial charge < -0.3 is 19.3 Å². The molecule has 0 bridgehead atoms. The summed E-state index contributed by atoms with van der Waals surface area (Å²) in [6.07, 6.45) is -0.923. The van der Waals surface area contributed by atoms with Crippen molar-refractivity contribution in [1.29, 1.82) is 0 Å². The van der Waals surface area contributed by atoms with Crippen LogP contribution in [0.3, 0.4) is 0 Å². The van der Waals surface area contributed by atoms with E-state index in [1.165, 1.54) is 6.92 Å². The number of nitrogens with zero attached hydrogens (tertiary/aromatic N) is 1. The van der Waals surface area contributed by atoms with Gasteiger partial charge in [-0.3, -0.25) is 4.79 Å². The first-order chi connectivity index (χ1) is 11.3. The highest BCUT2D eigenvalue weighted by Crippen LogP contribution is 2.15. The summed E-state index contributed by atoms with van der Waals surface area (Å²) < 4.78 is 15.5. The molecule has 0 radical (unpaired) electrons. The van der Waals surface area contributed by atoms with E-state index in [1.807, 2.05) is 13.8 Å². The molecule has 0 fully saturated rings. The Labute approximate surface area is 139 Å². The molecule has 24 heavy (non-hydrogen) atoms. The second-order valence-corrected chi connectivity index (χ2v) is 5.55. The topological polar surface area (TPSA) is 90.7 Å². The van der Waals surface area contributed by atoms with E-state index in [2.05, 4.69) is 10.5 Å². The molecular formula is C17H20N2O5. The van der Waals surface area contributed by atoms with Crippen molar-refractivity contribution in [2.45, 2.75) is 39.9 Å². The third-order valence-electron chi connectivity index (χ3n) is 2.99. The first-order valence-electron chi connectivity index (χ1n) is 7.57. The number of hydrogen-bond acceptors (Lipinski definition) is 6. The minimum Gasteiger partial charge on any atom is -0.491 e. The Morgan fingerprint density at radius 1 is 1.17 bits per heavy atom. The highest BCUT2D eigenvalue weighted by atomic mass is 16.5. The number of aromatic nitrogens is 1. The molecule has 0 spiro atoms. The third-order valence-corrected chi connectivity index (χ3v) is 2.99. The number of benzene rings is 1. The van der Waals surface area contributed by atoms with Crippen molar-refractivity contribution >= 4 is 17.7 Å². The number of aryl methyl sites for hydroxylation is 1. The first kappa shape index (κ1) is 17.5. The molecule has 7 nitrogen and oxygen atoms in total. The number of carbonyl (C=O) groups excluding carboxylic acids is 2. The van der Waals surface area contributed by atoms with Crippen molar-refractivity contribution in [3.63, 3.8) is 0 Å². The number of rotatable bonds is 6. The van der Waals surface area contributed by atoms with Crippen LogP contribution in [0.25, 0.3) is 0 Å². The van der Waals surface area contributed by atoms with Crippen LogP contribution in [0, 0.1) is 6.92 Å². The lowest BCUT2D eigenvalue weighted by Crippen LogP contribution is -2.30. The Kier molecular flexibility index (Phi) is 5.57. The summed E-state index contributed by atoms with van der Waals surface area (Å²) in [4.78, 5) is 24.0. The predicted octanol–water partition coefficient (Wildman–Crippen LogP) is 2.95. The zero-order valence-corrected chi connectivity index (χ0v) is 14.0. The van der Waals surface area contributed by atoms with Crippen molar-refractivity contribution in [3.8, 4) is 5.75 Å². The fourth-order valence-corrected chi connectivity index (χ4v) is 1.88. The minimum atomic E-state index is -0.971. The normalized spacial score (nSPS) is 11.9. The van der Waals surface area contributed by atoms with Gasteiger partial charge >= 0.3 is 5.97 Å². The van der Waals surface area contributed by atoms with Crippen LogP contribution in [0.15, 0.2) is 34.9 Å². The van der Waals surface area contributed by atoms with Gasteiger partial charge in [0.05, 0.1) is 11.7 Å². The summed E-state index contributed by atoms with van der Waals surface area (Å²) in [5, 5.41) is 6.16. The molecule has 1 aromatic heterocycles. The Bertz CT molecular complexity index is 706. The second-order valence-electron chi connectivity index (χ2n) is 5.55. The van der Waals surface area contributed by atoms with Crippen molar-refractivity contribution in [2.24, 2.45) is 0 Å². The van der Waals surface area contributed by atoms with Crippen LogP contribution < -0.4 is 10.1 Å². The van der Waals surface area contributed by atoms with E-state index in [4.69, 9.17) is 14.0 Å². The summed E-state index contributed by atoms with van der Waals surface area (Å²) in [6, 6.07) is 8.11. The largest absolute Gasteiger partial charge is 0.491 e. The fourth-order valence-electron chi connectivity index (χ4n) is 1.88.